The fraction of sp³-hybridized carbons (Fsp3) is 0.350. The van der Waals surface area contributed by atoms with Crippen LogP contribution in [0.4, 0.5) is 0 Å². The molecule has 3 nitrogen and oxygen atoms in total. The van der Waals surface area contributed by atoms with Gasteiger partial charge in [-0.1, -0.05) is 48.5 Å². The Labute approximate surface area is 136 Å². The molecule has 1 fully saturated rings. The first-order valence-corrected chi connectivity index (χ1v) is 8.35. The monoisotopic (exact) mass is 307 g/mol. The van der Waals surface area contributed by atoms with Gasteiger partial charge in [0.1, 0.15) is 5.60 Å². The lowest BCUT2D eigenvalue weighted by Crippen LogP contribution is -2.46. The Balaban J connectivity index is 1.77. The Kier molecular flexibility index (Phi) is 3.46. The van der Waals surface area contributed by atoms with E-state index in [2.05, 4.69) is 24.3 Å². The van der Waals surface area contributed by atoms with Crippen molar-refractivity contribution in [3.05, 3.63) is 59.7 Å². The summed E-state index contributed by atoms with van der Waals surface area (Å²) in [6, 6.07) is 16.5. The summed E-state index contributed by atoms with van der Waals surface area (Å²) >= 11 is 0. The zero-order chi connectivity index (χ0) is 15.9. The third kappa shape index (κ3) is 2.45. The maximum atomic E-state index is 13.0. The van der Waals surface area contributed by atoms with Crippen molar-refractivity contribution in [2.45, 2.75) is 44.4 Å². The average Bonchev–Trinajstić information content (AvgIpc) is 2.95. The molecule has 0 saturated heterocycles. The molecule has 4 rings (SSSR count). The van der Waals surface area contributed by atoms with E-state index < -0.39 is 5.60 Å². The van der Waals surface area contributed by atoms with Crippen molar-refractivity contribution < 1.29 is 9.90 Å². The molecule has 3 heteroatoms. The summed E-state index contributed by atoms with van der Waals surface area (Å²) in [5.41, 5.74) is 3.52. The van der Waals surface area contributed by atoms with Crippen LogP contribution in [0.25, 0.3) is 11.1 Å². The highest BCUT2D eigenvalue weighted by Crippen LogP contribution is 2.36. The predicted octanol–water partition coefficient (Wildman–Crippen LogP) is 3.50. The summed E-state index contributed by atoms with van der Waals surface area (Å²) in [5.74, 6) is -0.110. The zero-order valence-corrected chi connectivity index (χ0v) is 13.2. The van der Waals surface area contributed by atoms with Gasteiger partial charge in [-0.05, 0) is 47.9 Å². The molecule has 1 heterocycles. The number of rotatable bonds is 1. The molecular weight excluding hydrogens is 286 g/mol. The lowest BCUT2D eigenvalue weighted by Gasteiger charge is -2.30. The summed E-state index contributed by atoms with van der Waals surface area (Å²) in [7, 11) is 0. The van der Waals surface area contributed by atoms with Gasteiger partial charge in [0.2, 0.25) is 0 Å². The SMILES string of the molecule is O=C(N1Cc2ccccc2-c2ccccc2C1)C1(O)CCCC1. The predicted molar refractivity (Wildman–Crippen MR) is 89.5 cm³/mol. The van der Waals surface area contributed by atoms with Crippen LogP contribution in [0.2, 0.25) is 0 Å². The van der Waals surface area contributed by atoms with Gasteiger partial charge in [-0.15, -0.1) is 0 Å². The quantitative estimate of drug-likeness (QED) is 0.876. The molecule has 1 aliphatic heterocycles. The van der Waals surface area contributed by atoms with E-state index in [9.17, 15) is 9.90 Å². The van der Waals surface area contributed by atoms with Gasteiger partial charge in [0.05, 0.1) is 0 Å². The Hall–Kier alpha value is -2.13. The second-order valence-electron chi connectivity index (χ2n) is 6.71. The van der Waals surface area contributed by atoms with Gasteiger partial charge in [0.15, 0.2) is 0 Å². The molecule has 0 spiro atoms. The van der Waals surface area contributed by atoms with Crippen molar-refractivity contribution in [3.63, 3.8) is 0 Å². The molecule has 0 bridgehead atoms. The Morgan fingerprint density at radius 3 is 1.87 bits per heavy atom. The number of carbonyl (C=O) groups is 1. The Morgan fingerprint density at radius 2 is 1.35 bits per heavy atom. The number of carbonyl (C=O) groups excluding carboxylic acids is 1. The first-order chi connectivity index (χ1) is 11.2. The van der Waals surface area contributed by atoms with E-state index in [1.165, 1.54) is 11.1 Å². The van der Waals surface area contributed by atoms with Crippen molar-refractivity contribution in [1.82, 2.24) is 4.90 Å². The Bertz CT molecular complexity index is 699. The second-order valence-corrected chi connectivity index (χ2v) is 6.71. The number of hydrogen-bond acceptors (Lipinski definition) is 2. The summed E-state index contributed by atoms with van der Waals surface area (Å²) in [5, 5.41) is 10.7. The molecule has 2 aromatic rings. The fourth-order valence-electron chi connectivity index (χ4n) is 3.92. The second kappa shape index (κ2) is 5.50. The molecule has 1 amide bonds. The van der Waals surface area contributed by atoms with Crippen LogP contribution in [0.15, 0.2) is 48.5 Å². The molecule has 0 atom stereocenters. The van der Waals surface area contributed by atoms with Gasteiger partial charge >= 0.3 is 0 Å². The third-order valence-electron chi connectivity index (χ3n) is 5.16. The smallest absolute Gasteiger partial charge is 0.255 e. The van der Waals surface area contributed by atoms with E-state index in [1.807, 2.05) is 29.2 Å². The van der Waals surface area contributed by atoms with Crippen LogP contribution in [-0.2, 0) is 17.9 Å². The molecular formula is C20H21NO2. The maximum absolute atomic E-state index is 13.0. The fourth-order valence-corrected chi connectivity index (χ4v) is 3.92. The lowest BCUT2D eigenvalue weighted by atomic mass is 9.97. The van der Waals surface area contributed by atoms with E-state index in [4.69, 9.17) is 0 Å². The molecule has 1 aliphatic carbocycles. The summed E-state index contributed by atoms with van der Waals surface area (Å²) in [6.45, 7) is 1.12. The summed E-state index contributed by atoms with van der Waals surface area (Å²) in [4.78, 5) is 14.8. The van der Waals surface area contributed by atoms with Crippen LogP contribution in [0.1, 0.15) is 36.8 Å². The third-order valence-corrected chi connectivity index (χ3v) is 5.16. The van der Waals surface area contributed by atoms with Crippen LogP contribution in [0, 0.1) is 0 Å². The first-order valence-electron chi connectivity index (χ1n) is 8.35. The van der Waals surface area contributed by atoms with E-state index in [0.29, 0.717) is 25.9 Å². The van der Waals surface area contributed by atoms with Gasteiger partial charge in [0.25, 0.3) is 5.91 Å². The number of fused-ring (bicyclic) bond motifs is 3. The standard InChI is InChI=1S/C20H21NO2/c22-19(20(23)11-5-6-12-20)21-13-15-7-1-3-9-17(15)18-10-4-2-8-16(18)14-21/h1-4,7-10,23H,5-6,11-14H2. The molecule has 1 N–H and O–H groups in total. The minimum Gasteiger partial charge on any atom is -0.380 e. The van der Waals surface area contributed by atoms with Gasteiger partial charge in [-0.2, -0.15) is 0 Å². The molecule has 118 valence electrons. The van der Waals surface area contributed by atoms with Crippen LogP contribution in [0.3, 0.4) is 0 Å². The van der Waals surface area contributed by atoms with Crippen LogP contribution in [0.5, 0.6) is 0 Å². The van der Waals surface area contributed by atoms with Crippen molar-refractivity contribution in [3.8, 4) is 11.1 Å². The van der Waals surface area contributed by atoms with Gasteiger partial charge < -0.3 is 10.0 Å². The van der Waals surface area contributed by atoms with E-state index in [0.717, 1.165) is 24.0 Å². The number of hydrogen-bond donors (Lipinski definition) is 1. The normalized spacial score (nSPS) is 18.9. The van der Waals surface area contributed by atoms with Crippen LogP contribution in [-0.4, -0.2) is 21.5 Å². The first kappa shape index (κ1) is 14.5. The van der Waals surface area contributed by atoms with Crippen molar-refractivity contribution in [2.75, 3.05) is 0 Å². The summed E-state index contributed by atoms with van der Waals surface area (Å²) in [6.07, 6.45) is 3.05. The van der Waals surface area contributed by atoms with Gasteiger partial charge in [-0.3, -0.25) is 4.79 Å². The maximum Gasteiger partial charge on any atom is 0.255 e. The molecule has 2 aliphatic rings. The van der Waals surface area contributed by atoms with Crippen molar-refractivity contribution >= 4 is 5.91 Å². The molecule has 1 saturated carbocycles. The highest BCUT2D eigenvalue weighted by Gasteiger charge is 2.42. The molecule has 0 aromatic heterocycles. The van der Waals surface area contributed by atoms with Crippen molar-refractivity contribution in [2.24, 2.45) is 0 Å². The molecule has 23 heavy (non-hydrogen) atoms. The van der Waals surface area contributed by atoms with Crippen LogP contribution < -0.4 is 0 Å². The number of amides is 1. The van der Waals surface area contributed by atoms with Crippen LogP contribution >= 0.6 is 0 Å². The Morgan fingerprint density at radius 1 is 0.870 bits per heavy atom. The molecule has 2 aromatic carbocycles. The van der Waals surface area contributed by atoms with E-state index in [-0.39, 0.29) is 5.91 Å². The summed E-state index contributed by atoms with van der Waals surface area (Å²) < 4.78 is 0. The zero-order valence-electron chi connectivity index (χ0n) is 13.2. The minimum atomic E-state index is -1.16. The number of nitrogens with zero attached hydrogens (tertiary/aromatic N) is 1. The minimum absolute atomic E-state index is 0.110. The lowest BCUT2D eigenvalue weighted by molar-refractivity contribution is -0.152. The molecule has 0 radical (unpaired) electrons. The topological polar surface area (TPSA) is 40.5 Å². The number of benzene rings is 2. The average molecular weight is 307 g/mol. The molecule has 0 unspecified atom stereocenters. The van der Waals surface area contributed by atoms with E-state index >= 15 is 0 Å². The largest absolute Gasteiger partial charge is 0.380 e. The van der Waals surface area contributed by atoms with Gasteiger partial charge in [-0.25, -0.2) is 0 Å². The van der Waals surface area contributed by atoms with Gasteiger partial charge in [0, 0.05) is 13.1 Å². The van der Waals surface area contributed by atoms with E-state index in [1.54, 1.807) is 0 Å². The highest BCUT2D eigenvalue weighted by molar-refractivity contribution is 5.86. The highest BCUT2D eigenvalue weighted by atomic mass is 16.3. The number of aliphatic hydroxyl groups is 1. The van der Waals surface area contributed by atoms with Crippen molar-refractivity contribution in [1.29, 1.82) is 0 Å².